The fourth-order valence-electron chi connectivity index (χ4n) is 0.947. The third-order valence-corrected chi connectivity index (χ3v) is 1.67. The Bertz CT molecular complexity index is 233. The van der Waals surface area contributed by atoms with Crippen LogP contribution in [0.2, 0.25) is 0 Å². The molecule has 0 aromatic heterocycles. The van der Waals surface area contributed by atoms with Crippen molar-refractivity contribution in [2.45, 2.75) is 12.8 Å². The number of hydrogen-bond donors (Lipinski definition) is 1. The smallest absolute Gasteiger partial charge is 0.135 e. The zero-order valence-electron chi connectivity index (χ0n) is 7.86. The average Bonchev–Trinajstić information content (AvgIpc) is 2.19. The Morgan fingerprint density at radius 3 is 2.50 bits per heavy atom. The van der Waals surface area contributed by atoms with Crippen LogP contribution in [0.3, 0.4) is 0 Å². The molecule has 1 aromatic rings. The van der Waals surface area contributed by atoms with Gasteiger partial charge in [0.15, 0.2) is 0 Å². The van der Waals surface area contributed by atoms with E-state index in [1.54, 1.807) is 0 Å². The van der Waals surface area contributed by atoms with Crippen molar-refractivity contribution >= 4 is 12.4 Å². The predicted octanol–water partition coefficient (Wildman–Crippen LogP) is 1.92. The van der Waals surface area contributed by atoms with Crippen molar-refractivity contribution < 1.29 is 9.13 Å². The van der Waals surface area contributed by atoms with Crippen LogP contribution in [0.5, 0.6) is 0 Å². The summed E-state index contributed by atoms with van der Waals surface area (Å²) in [5.74, 6) is 0. The average molecular weight is 220 g/mol. The van der Waals surface area contributed by atoms with Gasteiger partial charge in [0.25, 0.3) is 0 Å². The Kier molecular flexibility index (Phi) is 7.38. The molecule has 1 unspecified atom stereocenters. The van der Waals surface area contributed by atoms with Crippen molar-refractivity contribution in [2.24, 2.45) is 5.73 Å². The molecule has 1 atom stereocenters. The molecule has 14 heavy (non-hydrogen) atoms. The fourth-order valence-corrected chi connectivity index (χ4v) is 0.947. The fraction of sp³-hybridized carbons (Fsp3) is 0.400. The van der Waals surface area contributed by atoms with Crippen LogP contribution in [0.25, 0.3) is 0 Å². The molecule has 0 aliphatic carbocycles. The minimum atomic E-state index is -1.05. The molecule has 0 fully saturated rings. The molecule has 0 amide bonds. The van der Waals surface area contributed by atoms with Gasteiger partial charge in [-0.05, 0) is 5.56 Å². The van der Waals surface area contributed by atoms with Crippen molar-refractivity contribution in [1.29, 1.82) is 0 Å². The zero-order chi connectivity index (χ0) is 9.52. The Morgan fingerprint density at radius 1 is 1.29 bits per heavy atom. The van der Waals surface area contributed by atoms with Crippen molar-refractivity contribution in [2.75, 3.05) is 13.2 Å². The normalized spacial score (nSPS) is 11.9. The van der Waals surface area contributed by atoms with Crippen LogP contribution >= 0.6 is 12.4 Å². The topological polar surface area (TPSA) is 35.2 Å². The van der Waals surface area contributed by atoms with E-state index >= 15 is 0 Å². The summed E-state index contributed by atoms with van der Waals surface area (Å²) in [6.07, 6.45) is -1.05. The van der Waals surface area contributed by atoms with E-state index in [2.05, 4.69) is 0 Å². The van der Waals surface area contributed by atoms with E-state index in [-0.39, 0.29) is 25.6 Å². The lowest BCUT2D eigenvalue weighted by Gasteiger charge is -2.06. The molecule has 2 N–H and O–H groups in total. The summed E-state index contributed by atoms with van der Waals surface area (Å²) in [7, 11) is 0. The number of halogens is 2. The summed E-state index contributed by atoms with van der Waals surface area (Å²) in [6.45, 7) is 0.543. The van der Waals surface area contributed by atoms with E-state index in [1.807, 2.05) is 30.3 Å². The highest BCUT2D eigenvalue weighted by Crippen LogP contribution is 2.01. The molecule has 1 aromatic carbocycles. The summed E-state index contributed by atoms with van der Waals surface area (Å²) in [4.78, 5) is 0. The molecule has 0 saturated carbocycles. The Hall–Kier alpha value is -0.640. The molecule has 80 valence electrons. The molecule has 0 bridgehead atoms. The summed E-state index contributed by atoms with van der Waals surface area (Å²) >= 11 is 0. The van der Waals surface area contributed by atoms with Gasteiger partial charge in [-0.15, -0.1) is 12.4 Å². The molecule has 0 radical (unpaired) electrons. The summed E-state index contributed by atoms with van der Waals surface area (Å²) in [5.41, 5.74) is 6.14. The van der Waals surface area contributed by atoms with Gasteiger partial charge >= 0.3 is 0 Å². The third kappa shape index (κ3) is 5.17. The first-order valence-corrected chi connectivity index (χ1v) is 4.28. The van der Waals surface area contributed by atoms with E-state index in [1.165, 1.54) is 0 Å². The Balaban J connectivity index is 0.00000169. The van der Waals surface area contributed by atoms with Gasteiger partial charge in [-0.3, -0.25) is 0 Å². The number of hydrogen-bond acceptors (Lipinski definition) is 2. The van der Waals surface area contributed by atoms with Crippen molar-refractivity contribution in [3.63, 3.8) is 0 Å². The van der Waals surface area contributed by atoms with Gasteiger partial charge in [-0.2, -0.15) is 0 Å². The zero-order valence-corrected chi connectivity index (χ0v) is 8.67. The second kappa shape index (κ2) is 7.74. The number of rotatable bonds is 5. The monoisotopic (exact) mass is 219 g/mol. The molecule has 0 aliphatic heterocycles. The van der Waals surface area contributed by atoms with Crippen molar-refractivity contribution in [3.8, 4) is 0 Å². The molecule has 4 heteroatoms. The summed E-state index contributed by atoms with van der Waals surface area (Å²) in [5, 5.41) is 0. The highest BCUT2D eigenvalue weighted by Gasteiger charge is 2.02. The molecular formula is C10H15ClFNO. The van der Waals surface area contributed by atoms with Crippen molar-refractivity contribution in [3.05, 3.63) is 35.9 Å². The lowest BCUT2D eigenvalue weighted by molar-refractivity contribution is 0.0727. The van der Waals surface area contributed by atoms with Crippen LogP contribution in [0.15, 0.2) is 30.3 Å². The second-order valence-corrected chi connectivity index (χ2v) is 2.83. The first-order chi connectivity index (χ1) is 6.33. The molecule has 0 heterocycles. The van der Waals surface area contributed by atoms with Crippen molar-refractivity contribution in [1.82, 2.24) is 0 Å². The van der Waals surface area contributed by atoms with Crippen LogP contribution in [-0.2, 0) is 11.3 Å². The quantitative estimate of drug-likeness (QED) is 0.821. The Labute approximate surface area is 89.7 Å². The van der Waals surface area contributed by atoms with Crippen LogP contribution in [0, 0.1) is 0 Å². The highest BCUT2D eigenvalue weighted by atomic mass is 35.5. The van der Waals surface area contributed by atoms with Crippen LogP contribution in [0.1, 0.15) is 5.56 Å². The van der Waals surface area contributed by atoms with Crippen LogP contribution in [0.4, 0.5) is 4.39 Å². The predicted molar refractivity (Wildman–Crippen MR) is 57.3 cm³/mol. The van der Waals surface area contributed by atoms with Gasteiger partial charge in [-0.25, -0.2) is 4.39 Å². The lowest BCUT2D eigenvalue weighted by Crippen LogP contribution is -2.20. The maximum absolute atomic E-state index is 12.6. The van der Waals surface area contributed by atoms with E-state index in [0.717, 1.165) is 5.56 Å². The lowest BCUT2D eigenvalue weighted by atomic mass is 10.2. The number of nitrogens with two attached hydrogens (primary N) is 1. The largest absolute Gasteiger partial charge is 0.374 e. The van der Waals surface area contributed by atoms with Gasteiger partial charge in [0.1, 0.15) is 6.17 Å². The summed E-state index contributed by atoms with van der Waals surface area (Å²) in [6, 6.07) is 9.66. The van der Waals surface area contributed by atoms with Gasteiger partial charge in [0.2, 0.25) is 0 Å². The maximum atomic E-state index is 12.6. The molecule has 0 saturated heterocycles. The molecule has 0 spiro atoms. The van der Waals surface area contributed by atoms with Crippen LogP contribution < -0.4 is 5.73 Å². The molecule has 2 nitrogen and oxygen atoms in total. The maximum Gasteiger partial charge on any atom is 0.135 e. The first-order valence-electron chi connectivity index (χ1n) is 4.28. The minimum Gasteiger partial charge on any atom is -0.374 e. The SMILES string of the molecule is Cl.NCC(F)COCc1ccccc1. The van der Waals surface area contributed by atoms with Crippen LogP contribution in [-0.4, -0.2) is 19.3 Å². The number of benzene rings is 1. The number of alkyl halides is 1. The van der Waals surface area contributed by atoms with E-state index in [9.17, 15) is 4.39 Å². The summed E-state index contributed by atoms with van der Waals surface area (Å²) < 4.78 is 17.7. The highest BCUT2D eigenvalue weighted by molar-refractivity contribution is 5.85. The second-order valence-electron chi connectivity index (χ2n) is 2.83. The third-order valence-electron chi connectivity index (χ3n) is 1.67. The van der Waals surface area contributed by atoms with Gasteiger partial charge in [-0.1, -0.05) is 30.3 Å². The molecule has 1 rings (SSSR count). The standard InChI is InChI=1S/C10H14FNO.ClH/c11-10(6-12)8-13-7-9-4-2-1-3-5-9;/h1-5,10H,6-8,12H2;1H. The Morgan fingerprint density at radius 2 is 1.93 bits per heavy atom. The van der Waals surface area contributed by atoms with Gasteiger partial charge in [0.05, 0.1) is 13.2 Å². The molecular weight excluding hydrogens is 205 g/mol. The molecule has 0 aliphatic rings. The first kappa shape index (κ1) is 13.4. The van der Waals surface area contributed by atoms with E-state index < -0.39 is 6.17 Å². The van der Waals surface area contributed by atoms with E-state index in [0.29, 0.717) is 6.61 Å². The van der Waals surface area contributed by atoms with Gasteiger partial charge < -0.3 is 10.5 Å². The number of ether oxygens (including phenoxy) is 1. The van der Waals surface area contributed by atoms with Gasteiger partial charge in [0, 0.05) is 6.54 Å². The van der Waals surface area contributed by atoms with E-state index in [4.69, 9.17) is 10.5 Å². The minimum absolute atomic E-state index is 0.